The maximum absolute atomic E-state index is 12.2. The Hall–Kier alpha value is -2.28. The molecule has 0 aromatic heterocycles. The number of rotatable bonds is 5. The number of carbonyl (C=O) groups excluding carboxylic acids is 2. The van der Waals surface area contributed by atoms with E-state index in [0.717, 1.165) is 0 Å². The van der Waals surface area contributed by atoms with Crippen molar-refractivity contribution in [2.45, 2.75) is 26.1 Å². The molecule has 24 heavy (non-hydrogen) atoms. The molecule has 7 heteroatoms. The Morgan fingerprint density at radius 1 is 1.08 bits per heavy atom. The predicted molar refractivity (Wildman–Crippen MR) is 86.4 cm³/mol. The topological polar surface area (TPSA) is 74.3 Å². The highest BCUT2D eigenvalue weighted by molar-refractivity contribution is 5.92. The fourth-order valence-corrected chi connectivity index (χ4v) is 2.61. The Balaban J connectivity index is 1.96. The molecule has 1 amide bonds. The molecule has 0 spiro atoms. The summed E-state index contributed by atoms with van der Waals surface area (Å²) in [6.07, 6.45) is -0.0629. The number of methoxy groups -OCH3 is 2. The van der Waals surface area contributed by atoms with Gasteiger partial charge in [0.25, 0.3) is 5.91 Å². The lowest BCUT2D eigenvalue weighted by Gasteiger charge is -2.35. The number of ether oxygens (including phenoxy) is 4. The molecule has 1 fully saturated rings. The van der Waals surface area contributed by atoms with Crippen LogP contribution in [0.2, 0.25) is 0 Å². The van der Waals surface area contributed by atoms with E-state index in [2.05, 4.69) is 0 Å². The molecule has 1 aliphatic heterocycles. The van der Waals surface area contributed by atoms with E-state index in [0.29, 0.717) is 24.6 Å². The standard InChI is InChI=1S/C17H23NO6/c1-11-8-18(9-12(2)24-11)16(19)10-23-17(20)13-5-14(21-3)7-15(6-13)22-4/h5-7,11-12H,8-10H2,1-4H3. The molecule has 7 nitrogen and oxygen atoms in total. The quantitative estimate of drug-likeness (QED) is 0.758. The van der Waals surface area contributed by atoms with Crippen molar-refractivity contribution < 1.29 is 28.5 Å². The minimum absolute atomic E-state index is 0.0314. The summed E-state index contributed by atoms with van der Waals surface area (Å²) in [5.41, 5.74) is 0.266. The van der Waals surface area contributed by atoms with E-state index in [-0.39, 0.29) is 30.3 Å². The van der Waals surface area contributed by atoms with Crippen LogP contribution in [0.15, 0.2) is 18.2 Å². The van der Waals surface area contributed by atoms with E-state index in [1.165, 1.54) is 26.4 Å². The predicted octanol–water partition coefficient (Wildman–Crippen LogP) is 1.50. The van der Waals surface area contributed by atoms with E-state index in [1.54, 1.807) is 11.0 Å². The summed E-state index contributed by atoms with van der Waals surface area (Å²) < 4.78 is 20.9. The lowest BCUT2D eigenvalue weighted by Crippen LogP contribution is -2.49. The van der Waals surface area contributed by atoms with Gasteiger partial charge in [0.2, 0.25) is 0 Å². The van der Waals surface area contributed by atoms with Gasteiger partial charge in [-0.05, 0) is 26.0 Å². The summed E-state index contributed by atoms with van der Waals surface area (Å²) >= 11 is 0. The highest BCUT2D eigenvalue weighted by Gasteiger charge is 2.26. The lowest BCUT2D eigenvalue weighted by molar-refractivity contribution is -0.146. The van der Waals surface area contributed by atoms with Crippen LogP contribution in [0.3, 0.4) is 0 Å². The van der Waals surface area contributed by atoms with Crippen molar-refractivity contribution in [2.75, 3.05) is 33.9 Å². The Kier molecular flexibility index (Phi) is 6.03. The van der Waals surface area contributed by atoms with Crippen LogP contribution in [0, 0.1) is 0 Å². The number of benzene rings is 1. The summed E-state index contributed by atoms with van der Waals surface area (Å²) in [5, 5.41) is 0. The summed E-state index contributed by atoms with van der Waals surface area (Å²) in [4.78, 5) is 26.0. The first-order chi connectivity index (χ1) is 11.4. The van der Waals surface area contributed by atoms with Gasteiger partial charge in [-0.25, -0.2) is 4.79 Å². The van der Waals surface area contributed by atoms with Gasteiger partial charge in [-0.3, -0.25) is 4.79 Å². The molecule has 1 saturated heterocycles. The Labute approximate surface area is 141 Å². The third kappa shape index (κ3) is 4.61. The molecule has 1 heterocycles. The van der Waals surface area contributed by atoms with Gasteiger partial charge in [0, 0.05) is 19.2 Å². The molecule has 1 aliphatic rings. The van der Waals surface area contributed by atoms with Crippen LogP contribution in [-0.4, -0.2) is 62.9 Å². The second-order valence-corrected chi connectivity index (χ2v) is 5.73. The molecule has 0 bridgehead atoms. The summed E-state index contributed by atoms with van der Waals surface area (Å²) in [6.45, 7) is 4.49. The van der Waals surface area contributed by atoms with Crippen molar-refractivity contribution in [1.82, 2.24) is 4.90 Å². The van der Waals surface area contributed by atoms with E-state index >= 15 is 0 Å². The van der Waals surface area contributed by atoms with Crippen molar-refractivity contribution in [3.05, 3.63) is 23.8 Å². The minimum atomic E-state index is -0.602. The number of hydrogen-bond acceptors (Lipinski definition) is 6. The molecule has 0 radical (unpaired) electrons. The van der Waals surface area contributed by atoms with Crippen LogP contribution in [0.1, 0.15) is 24.2 Å². The highest BCUT2D eigenvalue weighted by Crippen LogP contribution is 2.23. The number of esters is 1. The molecule has 1 aromatic carbocycles. The normalized spacial score (nSPS) is 20.4. The first kappa shape index (κ1) is 18.1. The Morgan fingerprint density at radius 2 is 1.62 bits per heavy atom. The van der Waals surface area contributed by atoms with Crippen molar-refractivity contribution in [2.24, 2.45) is 0 Å². The van der Waals surface area contributed by atoms with Gasteiger partial charge in [-0.1, -0.05) is 0 Å². The molecule has 132 valence electrons. The van der Waals surface area contributed by atoms with Gasteiger partial charge in [-0.15, -0.1) is 0 Å². The first-order valence-electron chi connectivity index (χ1n) is 7.76. The second-order valence-electron chi connectivity index (χ2n) is 5.73. The van der Waals surface area contributed by atoms with Crippen LogP contribution in [0.4, 0.5) is 0 Å². The van der Waals surface area contributed by atoms with Crippen molar-refractivity contribution >= 4 is 11.9 Å². The zero-order valence-electron chi connectivity index (χ0n) is 14.4. The fourth-order valence-electron chi connectivity index (χ4n) is 2.61. The molecule has 2 unspecified atom stereocenters. The summed E-state index contributed by atoms with van der Waals surface area (Å²) in [6, 6.07) is 4.72. The van der Waals surface area contributed by atoms with E-state index in [4.69, 9.17) is 18.9 Å². The molecule has 2 rings (SSSR count). The average molecular weight is 337 g/mol. The summed E-state index contributed by atoms with van der Waals surface area (Å²) in [7, 11) is 2.99. The molecular formula is C17H23NO6. The van der Waals surface area contributed by atoms with E-state index in [1.807, 2.05) is 13.8 Å². The second kappa shape index (κ2) is 8.01. The molecule has 2 atom stereocenters. The number of amides is 1. The van der Waals surface area contributed by atoms with Crippen LogP contribution in [-0.2, 0) is 14.3 Å². The minimum Gasteiger partial charge on any atom is -0.497 e. The van der Waals surface area contributed by atoms with Gasteiger partial charge in [0.15, 0.2) is 6.61 Å². The van der Waals surface area contributed by atoms with Crippen LogP contribution >= 0.6 is 0 Å². The van der Waals surface area contributed by atoms with Gasteiger partial charge in [0.05, 0.1) is 32.0 Å². The third-order valence-corrected chi connectivity index (χ3v) is 3.69. The maximum Gasteiger partial charge on any atom is 0.338 e. The maximum atomic E-state index is 12.2. The zero-order chi connectivity index (χ0) is 17.7. The lowest BCUT2D eigenvalue weighted by atomic mass is 10.2. The van der Waals surface area contributed by atoms with E-state index < -0.39 is 5.97 Å². The number of nitrogens with zero attached hydrogens (tertiary/aromatic N) is 1. The molecule has 0 saturated carbocycles. The molecule has 1 aromatic rings. The van der Waals surface area contributed by atoms with Crippen molar-refractivity contribution in [3.8, 4) is 11.5 Å². The van der Waals surface area contributed by atoms with Crippen LogP contribution < -0.4 is 9.47 Å². The zero-order valence-corrected chi connectivity index (χ0v) is 14.4. The molecular weight excluding hydrogens is 314 g/mol. The first-order valence-corrected chi connectivity index (χ1v) is 7.76. The highest BCUT2D eigenvalue weighted by atomic mass is 16.5. The van der Waals surface area contributed by atoms with Crippen LogP contribution in [0.25, 0.3) is 0 Å². The SMILES string of the molecule is COc1cc(OC)cc(C(=O)OCC(=O)N2CC(C)OC(C)C2)c1. The van der Waals surface area contributed by atoms with Gasteiger partial charge in [0.1, 0.15) is 11.5 Å². The fraction of sp³-hybridized carbons (Fsp3) is 0.529. The van der Waals surface area contributed by atoms with Crippen molar-refractivity contribution in [1.29, 1.82) is 0 Å². The average Bonchev–Trinajstić information content (AvgIpc) is 2.57. The molecule has 0 aliphatic carbocycles. The largest absolute Gasteiger partial charge is 0.497 e. The Morgan fingerprint density at radius 3 is 2.12 bits per heavy atom. The van der Waals surface area contributed by atoms with Gasteiger partial charge >= 0.3 is 5.97 Å². The smallest absolute Gasteiger partial charge is 0.338 e. The number of carbonyl (C=O) groups is 2. The monoisotopic (exact) mass is 337 g/mol. The van der Waals surface area contributed by atoms with Gasteiger partial charge in [-0.2, -0.15) is 0 Å². The van der Waals surface area contributed by atoms with E-state index in [9.17, 15) is 9.59 Å². The third-order valence-electron chi connectivity index (χ3n) is 3.69. The van der Waals surface area contributed by atoms with Crippen molar-refractivity contribution in [3.63, 3.8) is 0 Å². The number of morpholine rings is 1. The van der Waals surface area contributed by atoms with Crippen LogP contribution in [0.5, 0.6) is 11.5 Å². The summed E-state index contributed by atoms with van der Waals surface area (Å²) in [5.74, 6) is 0.113. The Bertz CT molecular complexity index is 570. The van der Waals surface area contributed by atoms with Gasteiger partial charge < -0.3 is 23.8 Å². The molecule has 0 N–H and O–H groups in total. The number of hydrogen-bond donors (Lipinski definition) is 0.